The summed E-state index contributed by atoms with van der Waals surface area (Å²) >= 11 is 0. The molecule has 2 aromatic rings. The van der Waals surface area contributed by atoms with Crippen molar-refractivity contribution in [2.75, 3.05) is 7.11 Å². The molecule has 3 nitrogen and oxygen atoms in total. The van der Waals surface area contributed by atoms with Gasteiger partial charge in [0.1, 0.15) is 18.1 Å². The Bertz CT molecular complexity index is 591. The highest BCUT2D eigenvalue weighted by atomic mass is 16.5. The van der Waals surface area contributed by atoms with Gasteiger partial charge in [0.05, 0.1) is 13.7 Å². The van der Waals surface area contributed by atoms with Gasteiger partial charge in [-0.3, -0.25) is 0 Å². The highest BCUT2D eigenvalue weighted by Crippen LogP contribution is 2.25. The molecule has 20 heavy (non-hydrogen) atoms. The second-order valence-corrected chi connectivity index (χ2v) is 4.84. The van der Waals surface area contributed by atoms with Crippen LogP contribution in [0.3, 0.4) is 0 Å². The molecule has 106 valence electrons. The third-order valence-electron chi connectivity index (χ3n) is 3.40. The fourth-order valence-corrected chi connectivity index (χ4v) is 2.00. The van der Waals surface area contributed by atoms with Gasteiger partial charge >= 0.3 is 0 Å². The number of hydrogen-bond acceptors (Lipinski definition) is 3. The highest BCUT2D eigenvalue weighted by Gasteiger charge is 2.06. The van der Waals surface area contributed by atoms with Crippen molar-refractivity contribution < 1.29 is 14.6 Å². The van der Waals surface area contributed by atoms with Gasteiger partial charge in [0.2, 0.25) is 0 Å². The number of hydrogen-bond donors (Lipinski definition) is 1. The molecule has 0 spiro atoms. The van der Waals surface area contributed by atoms with Crippen LogP contribution in [0.15, 0.2) is 36.4 Å². The lowest BCUT2D eigenvalue weighted by Gasteiger charge is -2.12. The van der Waals surface area contributed by atoms with Crippen LogP contribution in [0.4, 0.5) is 0 Å². The highest BCUT2D eigenvalue weighted by molar-refractivity contribution is 5.40. The minimum Gasteiger partial charge on any atom is -0.497 e. The average molecular weight is 272 g/mol. The Morgan fingerprint density at radius 2 is 1.80 bits per heavy atom. The summed E-state index contributed by atoms with van der Waals surface area (Å²) in [5, 5.41) is 9.38. The van der Waals surface area contributed by atoms with Crippen LogP contribution in [0.5, 0.6) is 11.5 Å². The lowest BCUT2D eigenvalue weighted by molar-refractivity contribution is 0.258. The van der Waals surface area contributed by atoms with Crippen LogP contribution >= 0.6 is 0 Å². The Morgan fingerprint density at radius 1 is 1.00 bits per heavy atom. The van der Waals surface area contributed by atoms with Crippen molar-refractivity contribution in [2.24, 2.45) is 0 Å². The minimum absolute atomic E-state index is 0.0700. The van der Waals surface area contributed by atoms with E-state index in [0.717, 1.165) is 11.1 Å². The van der Waals surface area contributed by atoms with Crippen molar-refractivity contribution in [3.8, 4) is 11.5 Å². The molecule has 0 unspecified atom stereocenters. The first kappa shape index (κ1) is 14.4. The van der Waals surface area contributed by atoms with Crippen LogP contribution in [0.1, 0.15) is 22.3 Å². The number of ether oxygens (including phenoxy) is 2. The van der Waals surface area contributed by atoms with E-state index in [9.17, 15) is 5.11 Å². The van der Waals surface area contributed by atoms with Crippen molar-refractivity contribution in [3.05, 3.63) is 58.7 Å². The zero-order valence-electron chi connectivity index (χ0n) is 12.1. The summed E-state index contributed by atoms with van der Waals surface area (Å²) in [6.07, 6.45) is 0. The van der Waals surface area contributed by atoms with Crippen LogP contribution in [0.25, 0.3) is 0 Å². The van der Waals surface area contributed by atoms with Crippen molar-refractivity contribution in [3.63, 3.8) is 0 Å². The molecule has 0 aliphatic rings. The number of benzene rings is 2. The summed E-state index contributed by atoms with van der Waals surface area (Å²) in [4.78, 5) is 0. The molecule has 0 aliphatic carbocycles. The van der Waals surface area contributed by atoms with Gasteiger partial charge in [-0.25, -0.2) is 0 Å². The van der Waals surface area contributed by atoms with Gasteiger partial charge in [0, 0.05) is 5.56 Å². The van der Waals surface area contributed by atoms with E-state index >= 15 is 0 Å². The van der Waals surface area contributed by atoms with E-state index in [4.69, 9.17) is 9.47 Å². The van der Waals surface area contributed by atoms with Crippen LogP contribution in [-0.2, 0) is 13.2 Å². The van der Waals surface area contributed by atoms with E-state index in [0.29, 0.717) is 18.1 Å². The van der Waals surface area contributed by atoms with Crippen LogP contribution in [-0.4, -0.2) is 12.2 Å². The second-order valence-electron chi connectivity index (χ2n) is 4.84. The van der Waals surface area contributed by atoms with E-state index in [1.54, 1.807) is 13.2 Å². The third-order valence-corrected chi connectivity index (χ3v) is 3.40. The topological polar surface area (TPSA) is 38.7 Å². The molecule has 1 N–H and O–H groups in total. The Morgan fingerprint density at radius 3 is 2.45 bits per heavy atom. The van der Waals surface area contributed by atoms with Gasteiger partial charge in [-0.05, 0) is 48.7 Å². The summed E-state index contributed by atoms with van der Waals surface area (Å²) in [7, 11) is 1.60. The third kappa shape index (κ3) is 3.31. The summed E-state index contributed by atoms with van der Waals surface area (Å²) in [5.41, 5.74) is 4.37. The van der Waals surface area contributed by atoms with Gasteiger partial charge in [-0.15, -0.1) is 0 Å². The predicted molar refractivity (Wildman–Crippen MR) is 79.2 cm³/mol. The largest absolute Gasteiger partial charge is 0.497 e. The molecule has 0 radical (unpaired) electrons. The molecule has 0 saturated carbocycles. The maximum absolute atomic E-state index is 9.38. The van der Waals surface area contributed by atoms with E-state index in [-0.39, 0.29) is 6.61 Å². The molecule has 0 bridgehead atoms. The zero-order chi connectivity index (χ0) is 14.5. The van der Waals surface area contributed by atoms with Gasteiger partial charge in [-0.1, -0.05) is 18.2 Å². The maximum Gasteiger partial charge on any atom is 0.125 e. The van der Waals surface area contributed by atoms with Crippen molar-refractivity contribution in [1.29, 1.82) is 0 Å². The summed E-state index contributed by atoms with van der Waals surface area (Å²) < 4.78 is 10.9. The first-order valence-corrected chi connectivity index (χ1v) is 6.60. The molecule has 2 rings (SSSR count). The number of aliphatic hydroxyl groups excluding tert-OH is 1. The molecular weight excluding hydrogens is 252 g/mol. The maximum atomic E-state index is 9.38. The Hall–Kier alpha value is -2.00. The van der Waals surface area contributed by atoms with Gasteiger partial charge in [0.15, 0.2) is 0 Å². The van der Waals surface area contributed by atoms with E-state index in [1.165, 1.54) is 11.1 Å². The SMILES string of the molecule is COc1ccc(OCc2ccc(C)c(C)c2)c(CO)c1. The average Bonchev–Trinajstić information content (AvgIpc) is 2.48. The molecular formula is C17H20O3. The van der Waals surface area contributed by atoms with Crippen LogP contribution in [0, 0.1) is 13.8 Å². The van der Waals surface area contributed by atoms with Gasteiger partial charge < -0.3 is 14.6 Å². The predicted octanol–water partition coefficient (Wildman–Crippen LogP) is 3.38. The number of rotatable bonds is 5. The lowest BCUT2D eigenvalue weighted by atomic mass is 10.1. The molecule has 2 aromatic carbocycles. The smallest absolute Gasteiger partial charge is 0.125 e. The lowest BCUT2D eigenvalue weighted by Crippen LogP contribution is -2.00. The fraction of sp³-hybridized carbons (Fsp3) is 0.294. The van der Waals surface area contributed by atoms with Crippen LogP contribution < -0.4 is 9.47 Å². The van der Waals surface area contributed by atoms with Gasteiger partial charge in [-0.2, -0.15) is 0 Å². The number of methoxy groups -OCH3 is 1. The monoisotopic (exact) mass is 272 g/mol. The van der Waals surface area contributed by atoms with E-state index < -0.39 is 0 Å². The normalized spacial score (nSPS) is 10.4. The molecule has 0 saturated heterocycles. The minimum atomic E-state index is -0.0700. The fourth-order valence-electron chi connectivity index (χ4n) is 2.00. The summed E-state index contributed by atoms with van der Waals surface area (Å²) in [6.45, 7) is 4.60. The van der Waals surface area contributed by atoms with Gasteiger partial charge in [0.25, 0.3) is 0 Å². The van der Waals surface area contributed by atoms with Crippen molar-refractivity contribution >= 4 is 0 Å². The molecule has 0 amide bonds. The first-order valence-electron chi connectivity index (χ1n) is 6.60. The summed E-state index contributed by atoms with van der Waals surface area (Å²) in [6, 6.07) is 11.7. The van der Waals surface area contributed by atoms with Crippen molar-refractivity contribution in [2.45, 2.75) is 27.1 Å². The molecule has 3 heteroatoms. The Balaban J connectivity index is 2.12. The quantitative estimate of drug-likeness (QED) is 0.906. The van der Waals surface area contributed by atoms with E-state index in [1.807, 2.05) is 12.1 Å². The molecule has 0 fully saturated rings. The molecule has 0 heterocycles. The van der Waals surface area contributed by atoms with Crippen LogP contribution in [0.2, 0.25) is 0 Å². The molecule has 0 aliphatic heterocycles. The number of aliphatic hydroxyl groups is 1. The standard InChI is InChI=1S/C17H20O3/c1-12-4-5-14(8-13(12)2)11-20-17-7-6-16(19-3)9-15(17)10-18/h4-9,18H,10-11H2,1-3H3. The zero-order valence-corrected chi connectivity index (χ0v) is 12.1. The summed E-state index contributed by atoms with van der Waals surface area (Å²) in [5.74, 6) is 1.40. The molecule has 0 atom stereocenters. The Kier molecular flexibility index (Phi) is 4.64. The van der Waals surface area contributed by atoms with E-state index in [2.05, 4.69) is 32.0 Å². The van der Waals surface area contributed by atoms with Crippen molar-refractivity contribution in [1.82, 2.24) is 0 Å². The molecule has 0 aromatic heterocycles. The first-order chi connectivity index (χ1) is 9.63. The Labute approximate surface area is 119 Å². The second kappa shape index (κ2) is 6.44. The number of aryl methyl sites for hydroxylation is 2.